The van der Waals surface area contributed by atoms with Crippen molar-refractivity contribution in [3.05, 3.63) is 83.6 Å². The normalized spacial score (nSPS) is 13.2. The van der Waals surface area contributed by atoms with Crippen molar-refractivity contribution in [1.29, 1.82) is 0 Å². The van der Waals surface area contributed by atoms with Crippen LogP contribution in [0.3, 0.4) is 0 Å². The smallest absolute Gasteiger partial charge is 0.146 e. The molecule has 0 fully saturated rings. The van der Waals surface area contributed by atoms with Crippen LogP contribution in [0.25, 0.3) is 0 Å². The first kappa shape index (κ1) is 21.7. The van der Waals surface area contributed by atoms with Crippen LogP contribution in [0.2, 0.25) is 0 Å². The first-order chi connectivity index (χ1) is 13.3. The minimum Gasteiger partial charge on any atom is -0.508 e. The van der Waals surface area contributed by atoms with Crippen molar-refractivity contribution in [3.8, 4) is 17.2 Å². The predicted octanol–water partition coefficient (Wildman–Crippen LogP) is 7.53. The Labute approximate surface area is 197 Å². The molecule has 1 atom stereocenters. The van der Waals surface area contributed by atoms with Gasteiger partial charge in [0.05, 0.1) is 14.4 Å². The van der Waals surface area contributed by atoms with Crippen molar-refractivity contribution in [2.75, 3.05) is 6.61 Å². The molecule has 0 aliphatic heterocycles. The van der Waals surface area contributed by atoms with E-state index in [1.54, 1.807) is 12.1 Å². The fourth-order valence-electron chi connectivity index (χ4n) is 2.98. The first-order valence-corrected chi connectivity index (χ1v) is 11.5. The van der Waals surface area contributed by atoms with Crippen LogP contribution in [0.4, 0.5) is 0 Å². The van der Waals surface area contributed by atoms with Crippen LogP contribution in [0.15, 0.2) is 72.5 Å². The fraction of sp³-hybridized carbons (Fsp3) is 0.143. The summed E-state index contributed by atoms with van der Waals surface area (Å²) >= 11 is 14.2. The Kier molecular flexibility index (Phi) is 6.80. The average Bonchev–Trinajstić information content (AvgIpc) is 2.70. The van der Waals surface area contributed by atoms with Crippen molar-refractivity contribution in [2.45, 2.75) is 12.3 Å². The van der Waals surface area contributed by atoms with Crippen molar-refractivity contribution in [1.82, 2.24) is 0 Å². The second kappa shape index (κ2) is 8.78. The number of phenolic OH excluding ortho intramolecular Hbond substituents is 2. The van der Waals surface area contributed by atoms with E-state index in [1.807, 2.05) is 42.5 Å². The van der Waals surface area contributed by atoms with E-state index in [9.17, 15) is 10.2 Å². The fourth-order valence-corrected chi connectivity index (χ4v) is 5.95. The SMILES string of the molecule is CC(COc1ccccc1)(c1ccc(O)cc1)c1c(Br)c(Br)c(O)c(Br)c1Br. The molecule has 0 aromatic heterocycles. The van der Waals surface area contributed by atoms with Gasteiger partial charge in [0, 0.05) is 8.95 Å². The standard InChI is InChI=1S/C21H16Br4O3/c1-21(12-7-9-13(26)10-8-12,11-28-14-5-3-2-4-6-14)15-16(22)18(24)20(27)19(25)17(15)23/h2-10,26-27H,11H2,1H3. The molecule has 0 aliphatic carbocycles. The summed E-state index contributed by atoms with van der Waals surface area (Å²) in [5.41, 5.74) is 1.23. The zero-order chi connectivity index (χ0) is 20.5. The van der Waals surface area contributed by atoms with Crippen LogP contribution < -0.4 is 4.74 Å². The van der Waals surface area contributed by atoms with E-state index in [-0.39, 0.29) is 11.5 Å². The van der Waals surface area contributed by atoms with E-state index in [0.717, 1.165) is 16.9 Å². The van der Waals surface area contributed by atoms with Gasteiger partial charge in [0.15, 0.2) is 0 Å². The van der Waals surface area contributed by atoms with Gasteiger partial charge in [0.25, 0.3) is 0 Å². The third kappa shape index (κ3) is 4.13. The molecule has 0 spiro atoms. The molecule has 0 saturated heterocycles. The summed E-state index contributed by atoms with van der Waals surface area (Å²) in [7, 11) is 0. The van der Waals surface area contributed by atoms with Crippen LogP contribution in [0.1, 0.15) is 18.1 Å². The minimum absolute atomic E-state index is 0.0968. The van der Waals surface area contributed by atoms with Gasteiger partial charge in [-0.05, 0) is 106 Å². The number of hydrogen-bond donors (Lipinski definition) is 2. The molecular formula is C21H16Br4O3. The third-order valence-corrected chi connectivity index (χ3v) is 8.76. The van der Waals surface area contributed by atoms with E-state index in [4.69, 9.17) is 4.74 Å². The molecule has 146 valence electrons. The Hall–Kier alpha value is -1.02. The van der Waals surface area contributed by atoms with Gasteiger partial charge in [-0.2, -0.15) is 0 Å². The maximum Gasteiger partial charge on any atom is 0.146 e. The van der Waals surface area contributed by atoms with Gasteiger partial charge in [-0.15, -0.1) is 0 Å². The van der Waals surface area contributed by atoms with Gasteiger partial charge < -0.3 is 14.9 Å². The Morgan fingerprint density at radius 1 is 0.786 bits per heavy atom. The highest BCUT2D eigenvalue weighted by atomic mass is 79.9. The third-order valence-electron chi connectivity index (χ3n) is 4.57. The Balaban J connectivity index is 2.18. The monoisotopic (exact) mass is 632 g/mol. The summed E-state index contributed by atoms with van der Waals surface area (Å²) in [6, 6.07) is 16.7. The quantitative estimate of drug-likeness (QED) is 0.285. The number of hydrogen-bond acceptors (Lipinski definition) is 3. The average molecular weight is 636 g/mol. The number of benzene rings is 3. The topological polar surface area (TPSA) is 49.7 Å². The summed E-state index contributed by atoms with van der Waals surface area (Å²) in [5, 5.41) is 20.1. The molecule has 28 heavy (non-hydrogen) atoms. The first-order valence-electron chi connectivity index (χ1n) is 8.28. The molecule has 0 saturated carbocycles. The van der Waals surface area contributed by atoms with E-state index in [1.165, 1.54) is 0 Å². The lowest BCUT2D eigenvalue weighted by Crippen LogP contribution is -2.32. The zero-order valence-corrected chi connectivity index (χ0v) is 21.1. The van der Waals surface area contributed by atoms with Gasteiger partial charge in [0.1, 0.15) is 23.9 Å². The predicted molar refractivity (Wildman–Crippen MR) is 125 cm³/mol. The minimum atomic E-state index is -0.611. The number of rotatable bonds is 5. The molecule has 1 unspecified atom stereocenters. The summed E-state index contributed by atoms with van der Waals surface area (Å²) in [6.07, 6.45) is 0. The molecule has 0 aliphatic rings. The Morgan fingerprint density at radius 3 is 1.86 bits per heavy atom. The van der Waals surface area contributed by atoms with Crippen molar-refractivity contribution >= 4 is 63.7 Å². The summed E-state index contributed by atoms with van der Waals surface area (Å²) < 4.78 is 8.65. The lowest BCUT2D eigenvalue weighted by molar-refractivity contribution is 0.252. The van der Waals surface area contributed by atoms with Crippen LogP contribution in [0.5, 0.6) is 17.2 Å². The maximum atomic E-state index is 10.4. The van der Waals surface area contributed by atoms with Crippen LogP contribution in [-0.4, -0.2) is 16.8 Å². The lowest BCUT2D eigenvalue weighted by Gasteiger charge is -2.33. The van der Waals surface area contributed by atoms with E-state index in [0.29, 0.717) is 24.5 Å². The molecule has 0 bridgehead atoms. The van der Waals surface area contributed by atoms with E-state index >= 15 is 0 Å². The Bertz CT molecular complexity index is 962. The van der Waals surface area contributed by atoms with E-state index < -0.39 is 5.41 Å². The van der Waals surface area contributed by atoms with Crippen LogP contribution >= 0.6 is 63.7 Å². The summed E-state index contributed by atoms with van der Waals surface area (Å²) in [5.74, 6) is 1.05. The molecule has 3 nitrogen and oxygen atoms in total. The van der Waals surface area contributed by atoms with E-state index in [2.05, 4.69) is 70.6 Å². The van der Waals surface area contributed by atoms with Crippen molar-refractivity contribution in [2.24, 2.45) is 0 Å². The molecule has 0 radical (unpaired) electrons. The molecule has 0 amide bonds. The highest BCUT2D eigenvalue weighted by Gasteiger charge is 2.37. The number of aromatic hydroxyl groups is 2. The zero-order valence-electron chi connectivity index (χ0n) is 14.7. The van der Waals surface area contributed by atoms with Gasteiger partial charge in [-0.3, -0.25) is 0 Å². The number of halogens is 4. The summed E-state index contributed by atoms with van der Waals surface area (Å²) in [6.45, 7) is 2.39. The molecule has 2 N–H and O–H groups in total. The van der Waals surface area contributed by atoms with Gasteiger partial charge in [-0.1, -0.05) is 30.3 Å². The molecule has 0 heterocycles. The maximum absolute atomic E-state index is 10.4. The largest absolute Gasteiger partial charge is 0.508 e. The molecule has 7 heteroatoms. The molecule has 3 rings (SSSR count). The van der Waals surface area contributed by atoms with Gasteiger partial charge in [0.2, 0.25) is 0 Å². The number of phenols is 2. The number of ether oxygens (including phenoxy) is 1. The highest BCUT2D eigenvalue weighted by molar-refractivity contribution is 9.14. The summed E-state index contributed by atoms with van der Waals surface area (Å²) in [4.78, 5) is 0. The highest BCUT2D eigenvalue weighted by Crippen LogP contribution is 2.51. The molecule has 3 aromatic carbocycles. The van der Waals surface area contributed by atoms with Gasteiger partial charge >= 0.3 is 0 Å². The lowest BCUT2D eigenvalue weighted by atomic mass is 9.77. The molecular weight excluding hydrogens is 620 g/mol. The number of para-hydroxylation sites is 1. The molecule has 3 aromatic rings. The second-order valence-electron chi connectivity index (χ2n) is 6.46. The van der Waals surface area contributed by atoms with Crippen molar-refractivity contribution < 1.29 is 14.9 Å². The van der Waals surface area contributed by atoms with Crippen LogP contribution in [0, 0.1) is 0 Å². The van der Waals surface area contributed by atoms with Crippen molar-refractivity contribution in [3.63, 3.8) is 0 Å². The van der Waals surface area contributed by atoms with Crippen LogP contribution in [-0.2, 0) is 5.41 Å². The second-order valence-corrected chi connectivity index (χ2v) is 9.63. The Morgan fingerprint density at radius 2 is 1.32 bits per heavy atom. The van der Waals surface area contributed by atoms with Gasteiger partial charge in [-0.25, -0.2) is 0 Å².